The molecule has 3 aromatic heterocycles. The Bertz CT molecular complexity index is 918. The van der Waals surface area contributed by atoms with Crippen molar-refractivity contribution in [3.05, 3.63) is 33.2 Å². The van der Waals surface area contributed by atoms with Crippen molar-refractivity contribution in [1.82, 2.24) is 15.3 Å². The number of methoxy groups -OCH3 is 1. The van der Waals surface area contributed by atoms with Gasteiger partial charge in [0.2, 0.25) is 5.91 Å². The first-order valence-corrected chi connectivity index (χ1v) is 10.3. The number of aromatic amines is 1. The number of H-pyrrole nitrogens is 1. The standard InChI is InChI=1S/C16H17N3O3S3/c1-9(6-22-2)17-12(20)8-25-16-18-14(21)13-10(7-24-15(13)19-16)11-4-3-5-23-11/h3-5,7,9H,6,8H2,1-2H3,(H,17,20)(H,18,19,21)/t9-/m1/s1. The molecule has 0 aliphatic heterocycles. The van der Waals surface area contributed by atoms with Crippen molar-refractivity contribution in [3.63, 3.8) is 0 Å². The van der Waals surface area contributed by atoms with E-state index in [-0.39, 0.29) is 23.3 Å². The molecule has 0 saturated carbocycles. The van der Waals surface area contributed by atoms with Gasteiger partial charge in [0.25, 0.3) is 5.56 Å². The van der Waals surface area contributed by atoms with Gasteiger partial charge in [0, 0.05) is 29.0 Å². The lowest BCUT2D eigenvalue weighted by atomic mass is 10.2. The summed E-state index contributed by atoms with van der Waals surface area (Å²) in [4.78, 5) is 33.4. The number of aromatic nitrogens is 2. The summed E-state index contributed by atoms with van der Waals surface area (Å²) >= 11 is 4.24. The van der Waals surface area contributed by atoms with Gasteiger partial charge in [0.1, 0.15) is 4.83 Å². The first-order chi connectivity index (χ1) is 12.1. The van der Waals surface area contributed by atoms with Crippen LogP contribution in [0.3, 0.4) is 0 Å². The summed E-state index contributed by atoms with van der Waals surface area (Å²) in [5, 5.41) is 7.81. The van der Waals surface area contributed by atoms with Crippen molar-refractivity contribution >= 4 is 50.6 Å². The highest BCUT2D eigenvalue weighted by Crippen LogP contribution is 2.33. The second-order valence-corrected chi connectivity index (χ2v) is 8.16. The molecule has 1 atom stereocenters. The van der Waals surface area contributed by atoms with E-state index in [1.165, 1.54) is 23.1 Å². The fourth-order valence-electron chi connectivity index (χ4n) is 2.35. The van der Waals surface area contributed by atoms with Crippen LogP contribution in [0.25, 0.3) is 20.7 Å². The molecule has 0 unspecified atom stereocenters. The van der Waals surface area contributed by atoms with Crippen molar-refractivity contribution in [2.24, 2.45) is 0 Å². The Balaban J connectivity index is 1.74. The maximum Gasteiger partial charge on any atom is 0.260 e. The number of thioether (sulfide) groups is 1. The van der Waals surface area contributed by atoms with E-state index in [9.17, 15) is 9.59 Å². The molecule has 3 rings (SSSR count). The predicted octanol–water partition coefficient (Wildman–Crippen LogP) is 2.96. The molecule has 0 aromatic carbocycles. The number of nitrogens with zero attached hydrogens (tertiary/aromatic N) is 1. The average molecular weight is 396 g/mol. The summed E-state index contributed by atoms with van der Waals surface area (Å²) in [6.07, 6.45) is 0. The van der Waals surface area contributed by atoms with Crippen molar-refractivity contribution < 1.29 is 9.53 Å². The number of hydrogen-bond acceptors (Lipinski definition) is 7. The number of ether oxygens (including phenoxy) is 1. The van der Waals surface area contributed by atoms with Gasteiger partial charge in [-0.3, -0.25) is 9.59 Å². The number of hydrogen-bond donors (Lipinski definition) is 2. The van der Waals surface area contributed by atoms with Gasteiger partial charge < -0.3 is 15.0 Å². The third-order valence-corrected chi connectivity index (χ3v) is 6.02. The molecule has 2 N–H and O–H groups in total. The lowest BCUT2D eigenvalue weighted by Gasteiger charge is -2.12. The van der Waals surface area contributed by atoms with Gasteiger partial charge in [0.15, 0.2) is 5.16 Å². The second-order valence-electron chi connectivity index (χ2n) is 5.39. The molecule has 0 aliphatic carbocycles. The van der Waals surface area contributed by atoms with Crippen molar-refractivity contribution in [2.75, 3.05) is 19.5 Å². The predicted molar refractivity (Wildman–Crippen MR) is 104 cm³/mol. The van der Waals surface area contributed by atoms with Crippen LogP contribution in [0.2, 0.25) is 0 Å². The van der Waals surface area contributed by atoms with E-state index in [0.717, 1.165) is 10.4 Å². The number of nitrogens with one attached hydrogen (secondary N) is 2. The molecule has 0 bridgehead atoms. The Morgan fingerprint density at radius 1 is 1.48 bits per heavy atom. The van der Waals surface area contributed by atoms with E-state index in [2.05, 4.69) is 15.3 Å². The zero-order valence-corrected chi connectivity index (χ0v) is 16.1. The van der Waals surface area contributed by atoms with E-state index >= 15 is 0 Å². The molecule has 0 saturated heterocycles. The molecule has 3 heterocycles. The minimum atomic E-state index is -0.176. The zero-order valence-electron chi connectivity index (χ0n) is 13.7. The zero-order chi connectivity index (χ0) is 17.8. The molecule has 0 radical (unpaired) electrons. The molecule has 6 nitrogen and oxygen atoms in total. The smallest absolute Gasteiger partial charge is 0.260 e. The first kappa shape index (κ1) is 18.1. The van der Waals surface area contributed by atoms with Crippen molar-refractivity contribution in [1.29, 1.82) is 0 Å². The molecule has 9 heteroatoms. The van der Waals surface area contributed by atoms with Gasteiger partial charge in [-0.15, -0.1) is 22.7 Å². The Morgan fingerprint density at radius 2 is 2.32 bits per heavy atom. The lowest BCUT2D eigenvalue weighted by molar-refractivity contribution is -0.119. The van der Waals surface area contributed by atoms with Crippen LogP contribution in [-0.2, 0) is 9.53 Å². The maximum atomic E-state index is 12.5. The second kappa shape index (κ2) is 8.13. The topological polar surface area (TPSA) is 84.1 Å². The third-order valence-electron chi connectivity index (χ3n) is 3.37. The van der Waals surface area contributed by atoms with Crippen molar-refractivity contribution in [3.8, 4) is 10.4 Å². The quantitative estimate of drug-likeness (QED) is 0.475. The van der Waals surface area contributed by atoms with Crippen LogP contribution in [0.15, 0.2) is 32.8 Å². The molecule has 1 amide bonds. The molecule has 0 aliphatic rings. The van der Waals surface area contributed by atoms with Crippen LogP contribution in [0.4, 0.5) is 0 Å². The number of thiophene rings is 2. The summed E-state index contributed by atoms with van der Waals surface area (Å²) in [5.74, 6) is 0.0637. The van der Waals surface area contributed by atoms with Gasteiger partial charge in [-0.05, 0) is 18.4 Å². The van der Waals surface area contributed by atoms with Gasteiger partial charge in [-0.25, -0.2) is 4.98 Å². The number of carbonyl (C=O) groups is 1. The summed E-state index contributed by atoms with van der Waals surface area (Å²) in [7, 11) is 1.59. The molecule has 25 heavy (non-hydrogen) atoms. The Kier molecular flexibility index (Phi) is 5.89. The largest absolute Gasteiger partial charge is 0.383 e. The summed E-state index contributed by atoms with van der Waals surface area (Å²) in [6, 6.07) is 3.89. The number of rotatable bonds is 7. The van der Waals surface area contributed by atoms with E-state index in [0.29, 0.717) is 22.0 Å². The highest BCUT2D eigenvalue weighted by atomic mass is 32.2. The van der Waals surface area contributed by atoms with Crippen LogP contribution < -0.4 is 10.9 Å². The molecule has 0 spiro atoms. The fourth-order valence-corrected chi connectivity index (χ4v) is 4.84. The van der Waals surface area contributed by atoms with Crippen LogP contribution in [-0.4, -0.2) is 41.4 Å². The van der Waals surface area contributed by atoms with Gasteiger partial charge in [0.05, 0.1) is 17.7 Å². The van der Waals surface area contributed by atoms with Crippen LogP contribution >= 0.6 is 34.4 Å². The van der Waals surface area contributed by atoms with Crippen LogP contribution in [0.1, 0.15) is 6.92 Å². The van der Waals surface area contributed by atoms with E-state index in [1.807, 2.05) is 29.8 Å². The number of carbonyl (C=O) groups excluding carboxylic acids is 1. The van der Waals surface area contributed by atoms with Gasteiger partial charge in [-0.1, -0.05) is 17.8 Å². The highest BCUT2D eigenvalue weighted by molar-refractivity contribution is 7.99. The van der Waals surface area contributed by atoms with E-state index in [1.54, 1.807) is 18.4 Å². The number of fused-ring (bicyclic) bond motifs is 1. The van der Waals surface area contributed by atoms with E-state index in [4.69, 9.17) is 4.74 Å². The fraction of sp³-hybridized carbons (Fsp3) is 0.312. The Hall–Kier alpha value is -1.68. The van der Waals surface area contributed by atoms with Crippen molar-refractivity contribution in [2.45, 2.75) is 18.1 Å². The molecule has 0 fully saturated rings. The van der Waals surface area contributed by atoms with E-state index < -0.39 is 0 Å². The number of amides is 1. The minimum absolute atomic E-state index is 0.0572. The third kappa shape index (κ3) is 4.30. The molecule has 132 valence electrons. The maximum absolute atomic E-state index is 12.5. The summed E-state index contributed by atoms with van der Waals surface area (Å²) < 4.78 is 4.98. The Morgan fingerprint density at radius 3 is 3.04 bits per heavy atom. The average Bonchev–Trinajstić information content (AvgIpc) is 3.22. The molecular formula is C16H17N3O3S3. The minimum Gasteiger partial charge on any atom is -0.383 e. The molecule has 3 aromatic rings. The first-order valence-electron chi connectivity index (χ1n) is 7.55. The van der Waals surface area contributed by atoms with Crippen LogP contribution in [0.5, 0.6) is 0 Å². The Labute approximate surface area is 156 Å². The SMILES string of the molecule is COC[C@@H](C)NC(=O)CSc1nc2scc(-c3cccs3)c2c(=O)[nH]1. The lowest BCUT2D eigenvalue weighted by Crippen LogP contribution is -2.36. The summed E-state index contributed by atoms with van der Waals surface area (Å²) in [6.45, 7) is 2.33. The summed E-state index contributed by atoms with van der Waals surface area (Å²) in [5.41, 5.74) is 0.733. The monoisotopic (exact) mass is 395 g/mol. The molecular weight excluding hydrogens is 378 g/mol. The van der Waals surface area contributed by atoms with Gasteiger partial charge >= 0.3 is 0 Å². The highest BCUT2D eigenvalue weighted by Gasteiger charge is 2.15. The normalized spacial score (nSPS) is 12.4. The van der Waals surface area contributed by atoms with Gasteiger partial charge in [-0.2, -0.15) is 0 Å². The van der Waals surface area contributed by atoms with Crippen LogP contribution in [0, 0.1) is 0 Å².